The van der Waals surface area contributed by atoms with Gasteiger partial charge >= 0.3 is 0 Å². The molecular formula is C40H31NO2. The summed E-state index contributed by atoms with van der Waals surface area (Å²) in [6.07, 6.45) is 1.55. The van der Waals surface area contributed by atoms with Crippen molar-refractivity contribution in [1.29, 1.82) is 0 Å². The number of anilines is 1. The van der Waals surface area contributed by atoms with Gasteiger partial charge in [-0.25, -0.2) is 0 Å². The van der Waals surface area contributed by atoms with Crippen molar-refractivity contribution < 1.29 is 10.2 Å². The number of para-hydroxylation sites is 1. The fourth-order valence-corrected chi connectivity index (χ4v) is 6.48. The molecule has 3 nitrogen and oxygen atoms in total. The zero-order valence-corrected chi connectivity index (χ0v) is 23.8. The lowest BCUT2D eigenvalue weighted by molar-refractivity contribution is 0.140. The summed E-state index contributed by atoms with van der Waals surface area (Å²) in [5.41, 5.74) is 5.87. The Bertz CT molecular complexity index is 1720. The van der Waals surface area contributed by atoms with Crippen LogP contribution in [0.4, 0.5) is 5.69 Å². The van der Waals surface area contributed by atoms with E-state index in [0.717, 1.165) is 63.0 Å². The monoisotopic (exact) mass is 557 g/mol. The lowest BCUT2D eigenvalue weighted by atomic mass is 9.75. The average molecular weight is 558 g/mol. The third-order valence-electron chi connectivity index (χ3n) is 8.59. The highest BCUT2D eigenvalue weighted by Crippen LogP contribution is 2.40. The molecule has 0 aromatic heterocycles. The van der Waals surface area contributed by atoms with Gasteiger partial charge in [0.15, 0.2) is 11.2 Å². The van der Waals surface area contributed by atoms with Crippen LogP contribution in [0.1, 0.15) is 44.5 Å². The molecule has 43 heavy (non-hydrogen) atoms. The smallest absolute Gasteiger partial charge is 0.177 e. The first-order chi connectivity index (χ1) is 21.1. The first kappa shape index (κ1) is 26.8. The van der Waals surface area contributed by atoms with Crippen molar-refractivity contribution in [2.24, 2.45) is 0 Å². The first-order valence-electron chi connectivity index (χ1n) is 14.6. The lowest BCUT2D eigenvalue weighted by Gasteiger charge is -2.33. The van der Waals surface area contributed by atoms with Gasteiger partial charge in [-0.3, -0.25) is 0 Å². The van der Waals surface area contributed by atoms with E-state index in [0.29, 0.717) is 13.1 Å². The van der Waals surface area contributed by atoms with Crippen LogP contribution in [0.3, 0.4) is 0 Å². The Balaban J connectivity index is 1.23. The predicted molar refractivity (Wildman–Crippen MR) is 172 cm³/mol. The summed E-state index contributed by atoms with van der Waals surface area (Å²) in [6.45, 7) is 0.716. The topological polar surface area (TPSA) is 43.7 Å². The van der Waals surface area contributed by atoms with Gasteiger partial charge in [0.25, 0.3) is 0 Å². The molecule has 0 radical (unpaired) electrons. The zero-order valence-electron chi connectivity index (χ0n) is 23.8. The zero-order chi connectivity index (χ0) is 29.3. The van der Waals surface area contributed by atoms with Crippen molar-refractivity contribution in [3.05, 3.63) is 172 Å². The van der Waals surface area contributed by atoms with Crippen molar-refractivity contribution in [2.45, 2.75) is 24.0 Å². The van der Waals surface area contributed by atoms with Crippen LogP contribution in [0.5, 0.6) is 0 Å². The van der Waals surface area contributed by atoms with Crippen molar-refractivity contribution >= 4 is 5.69 Å². The van der Waals surface area contributed by atoms with Crippen molar-refractivity contribution in [3.8, 4) is 23.7 Å². The Morgan fingerprint density at radius 1 is 0.465 bits per heavy atom. The number of benzene rings is 5. The quantitative estimate of drug-likeness (QED) is 0.261. The predicted octanol–water partition coefficient (Wildman–Crippen LogP) is 6.18. The molecule has 0 fully saturated rings. The van der Waals surface area contributed by atoms with Gasteiger partial charge in [0.05, 0.1) is 13.1 Å². The molecule has 0 saturated carbocycles. The summed E-state index contributed by atoms with van der Waals surface area (Å²) >= 11 is 0. The molecule has 0 spiro atoms. The summed E-state index contributed by atoms with van der Waals surface area (Å²) in [4.78, 5) is 2.08. The summed E-state index contributed by atoms with van der Waals surface area (Å²) in [5.74, 6) is 13.1. The molecule has 7 rings (SSSR count). The number of fused-ring (bicyclic) bond motifs is 4. The maximum atomic E-state index is 12.1. The highest BCUT2D eigenvalue weighted by atomic mass is 16.3. The van der Waals surface area contributed by atoms with Crippen LogP contribution < -0.4 is 4.90 Å². The largest absolute Gasteiger partial charge is 0.369 e. The molecule has 2 aliphatic rings. The maximum Gasteiger partial charge on any atom is 0.177 e. The Morgan fingerprint density at radius 2 is 0.791 bits per heavy atom. The van der Waals surface area contributed by atoms with Gasteiger partial charge < -0.3 is 15.1 Å². The second-order valence-corrected chi connectivity index (χ2v) is 11.2. The molecule has 0 unspecified atom stereocenters. The average Bonchev–Trinajstić information content (AvgIpc) is 3.05. The molecule has 5 aromatic carbocycles. The second-order valence-electron chi connectivity index (χ2n) is 11.2. The summed E-state index contributed by atoms with van der Waals surface area (Å²) in [5, 5.41) is 24.1. The van der Waals surface area contributed by atoms with Gasteiger partial charge in [-0.05, 0) is 47.2 Å². The molecule has 0 bridgehead atoms. The fraction of sp³-hybridized carbons (Fsp3) is 0.150. The van der Waals surface area contributed by atoms with Gasteiger partial charge in [-0.1, -0.05) is 139 Å². The van der Waals surface area contributed by atoms with Crippen molar-refractivity contribution in [3.63, 3.8) is 0 Å². The van der Waals surface area contributed by atoms with E-state index < -0.39 is 11.2 Å². The van der Waals surface area contributed by atoms with Gasteiger partial charge in [0, 0.05) is 27.9 Å². The molecule has 0 aliphatic heterocycles. The highest BCUT2D eigenvalue weighted by molar-refractivity contribution is 5.58. The summed E-state index contributed by atoms with van der Waals surface area (Å²) in [7, 11) is 0. The number of nitrogens with zero attached hydrogens (tertiary/aromatic N) is 1. The Hall–Kier alpha value is -5.06. The van der Waals surface area contributed by atoms with E-state index in [9.17, 15) is 10.2 Å². The molecule has 0 amide bonds. The molecule has 2 aliphatic carbocycles. The SMILES string of the molecule is OC1(C#CCN(CC#CC2(O)c3ccccc3Cc3ccccc32)c2ccccc2)c2ccccc2Cc2ccccc21. The van der Waals surface area contributed by atoms with E-state index in [-0.39, 0.29) is 0 Å². The van der Waals surface area contributed by atoms with Crippen LogP contribution in [0.2, 0.25) is 0 Å². The van der Waals surface area contributed by atoms with E-state index in [1.165, 1.54) is 0 Å². The van der Waals surface area contributed by atoms with Gasteiger partial charge in [0.1, 0.15) is 0 Å². The normalized spacial score (nSPS) is 14.7. The number of hydrogen-bond acceptors (Lipinski definition) is 3. The molecule has 0 saturated heterocycles. The molecule has 2 N–H and O–H groups in total. The standard InChI is InChI=1S/C40H31NO2/c42-39(35-20-8-4-14-30(35)28-31-15-5-9-21-36(31)39)24-12-26-41(34-18-2-1-3-19-34)27-13-25-40(43)37-22-10-6-16-32(37)29-33-17-7-11-23-38(33)40/h1-11,14-23,42-43H,26-29H2. The lowest BCUT2D eigenvalue weighted by Crippen LogP contribution is -2.33. The first-order valence-corrected chi connectivity index (χ1v) is 14.6. The molecule has 208 valence electrons. The van der Waals surface area contributed by atoms with E-state index in [1.54, 1.807) is 0 Å². The van der Waals surface area contributed by atoms with Crippen LogP contribution >= 0.6 is 0 Å². The van der Waals surface area contributed by atoms with Crippen LogP contribution in [0, 0.1) is 23.7 Å². The van der Waals surface area contributed by atoms with Crippen LogP contribution in [0.15, 0.2) is 127 Å². The van der Waals surface area contributed by atoms with Crippen molar-refractivity contribution in [2.75, 3.05) is 18.0 Å². The fourth-order valence-electron chi connectivity index (χ4n) is 6.48. The van der Waals surface area contributed by atoms with Gasteiger partial charge in [-0.2, -0.15) is 0 Å². The van der Waals surface area contributed by atoms with Crippen LogP contribution in [0.25, 0.3) is 0 Å². The molecule has 3 heteroatoms. The number of aliphatic hydroxyl groups is 2. The van der Waals surface area contributed by atoms with E-state index in [4.69, 9.17) is 0 Å². The van der Waals surface area contributed by atoms with E-state index in [1.807, 2.05) is 103 Å². The molecule has 0 heterocycles. The Morgan fingerprint density at radius 3 is 1.16 bits per heavy atom. The highest BCUT2D eigenvalue weighted by Gasteiger charge is 2.38. The van der Waals surface area contributed by atoms with E-state index >= 15 is 0 Å². The van der Waals surface area contributed by atoms with Crippen molar-refractivity contribution in [1.82, 2.24) is 0 Å². The van der Waals surface area contributed by atoms with Crippen LogP contribution in [-0.2, 0) is 24.0 Å². The Labute approximate surface area is 253 Å². The minimum absolute atomic E-state index is 0.358. The molecule has 0 atom stereocenters. The second kappa shape index (κ2) is 11.0. The third-order valence-corrected chi connectivity index (χ3v) is 8.59. The minimum Gasteiger partial charge on any atom is -0.369 e. The van der Waals surface area contributed by atoms with Crippen LogP contribution in [-0.4, -0.2) is 23.3 Å². The van der Waals surface area contributed by atoms with E-state index in [2.05, 4.69) is 52.8 Å². The summed E-state index contributed by atoms with van der Waals surface area (Å²) < 4.78 is 0. The summed E-state index contributed by atoms with van der Waals surface area (Å²) in [6, 6.07) is 42.0. The van der Waals surface area contributed by atoms with Gasteiger partial charge in [0.2, 0.25) is 0 Å². The number of rotatable bonds is 3. The van der Waals surface area contributed by atoms with Gasteiger partial charge in [-0.15, -0.1) is 0 Å². The molecular weight excluding hydrogens is 526 g/mol. The number of hydrogen-bond donors (Lipinski definition) is 2. The Kier molecular flexibility index (Phi) is 6.84. The maximum absolute atomic E-state index is 12.1. The molecule has 5 aromatic rings. The minimum atomic E-state index is -1.40. The third kappa shape index (κ3) is 4.80.